The van der Waals surface area contributed by atoms with Gasteiger partial charge in [0.15, 0.2) is 12.1 Å². The van der Waals surface area contributed by atoms with Crippen molar-refractivity contribution in [3.63, 3.8) is 0 Å². The molecule has 0 spiro atoms. The Labute approximate surface area is 135 Å². The Hall–Kier alpha value is -1.45. The maximum Gasteiger partial charge on any atom is 0.360 e. The lowest BCUT2D eigenvalue weighted by Crippen LogP contribution is -2.47. The molecule has 0 N–H and O–H groups in total. The molecule has 2 aliphatic rings. The number of esters is 1. The van der Waals surface area contributed by atoms with Crippen LogP contribution in [-0.4, -0.2) is 61.3 Å². The van der Waals surface area contributed by atoms with Gasteiger partial charge in [-0.1, -0.05) is 0 Å². The molecule has 8 nitrogen and oxygen atoms in total. The van der Waals surface area contributed by atoms with Crippen LogP contribution in [0.3, 0.4) is 0 Å². The van der Waals surface area contributed by atoms with Gasteiger partial charge in [-0.25, -0.2) is 9.78 Å². The Bertz CT molecular complexity index is 682. The minimum absolute atomic E-state index is 0.122. The lowest BCUT2D eigenvalue weighted by molar-refractivity contribution is 0.0590. The number of carbonyl (C=O) groups excluding carboxylic acids is 1. The first-order chi connectivity index (χ1) is 10.9. The molecule has 0 radical (unpaired) electrons. The second-order valence-electron chi connectivity index (χ2n) is 6.01. The van der Waals surface area contributed by atoms with E-state index in [1.165, 1.54) is 22.1 Å². The third kappa shape index (κ3) is 3.13. The zero-order valence-corrected chi connectivity index (χ0v) is 14.1. The molecule has 3 rings (SSSR count). The van der Waals surface area contributed by atoms with Crippen LogP contribution < -0.4 is 0 Å². The number of carbonyl (C=O) groups is 1. The van der Waals surface area contributed by atoms with E-state index >= 15 is 0 Å². The van der Waals surface area contributed by atoms with Crippen LogP contribution in [0.25, 0.3) is 0 Å². The molecule has 128 valence electrons. The van der Waals surface area contributed by atoms with E-state index in [4.69, 9.17) is 9.15 Å². The second kappa shape index (κ2) is 6.21. The van der Waals surface area contributed by atoms with Gasteiger partial charge in [-0.2, -0.15) is 17.0 Å². The van der Waals surface area contributed by atoms with Gasteiger partial charge in [0.2, 0.25) is 0 Å². The van der Waals surface area contributed by atoms with E-state index in [0.29, 0.717) is 25.3 Å². The van der Waals surface area contributed by atoms with Gasteiger partial charge in [0.05, 0.1) is 7.11 Å². The fourth-order valence-corrected chi connectivity index (χ4v) is 4.65. The number of oxazole rings is 1. The van der Waals surface area contributed by atoms with Crippen molar-refractivity contribution in [3.8, 4) is 0 Å². The molecule has 2 heterocycles. The number of ether oxygens (including phenoxy) is 1. The van der Waals surface area contributed by atoms with E-state index in [2.05, 4.69) is 4.98 Å². The molecule has 1 aromatic rings. The van der Waals surface area contributed by atoms with Gasteiger partial charge >= 0.3 is 5.97 Å². The molecule has 1 atom stereocenters. The van der Waals surface area contributed by atoms with E-state index in [1.54, 1.807) is 7.05 Å². The summed E-state index contributed by atoms with van der Waals surface area (Å²) in [6.45, 7) is 0.774. The van der Waals surface area contributed by atoms with Crippen molar-refractivity contribution in [2.24, 2.45) is 0 Å². The molecule has 1 aliphatic heterocycles. The van der Waals surface area contributed by atoms with Crippen LogP contribution in [0, 0.1) is 0 Å². The predicted molar refractivity (Wildman–Crippen MR) is 81.1 cm³/mol. The SMILES string of the molecule is COC(=O)c1ncoc1C1CCCN(S(=O)(=O)N(C)C2CC2)C1. The molecule has 1 saturated heterocycles. The zero-order chi connectivity index (χ0) is 16.6. The predicted octanol–water partition coefficient (Wildman–Crippen LogP) is 0.980. The summed E-state index contributed by atoms with van der Waals surface area (Å²) < 4.78 is 38.3. The Kier molecular flexibility index (Phi) is 4.43. The van der Waals surface area contributed by atoms with Gasteiger partial charge < -0.3 is 9.15 Å². The van der Waals surface area contributed by atoms with Crippen LogP contribution in [0.2, 0.25) is 0 Å². The summed E-state index contributed by atoms with van der Waals surface area (Å²) in [4.78, 5) is 15.6. The molecule has 0 aromatic carbocycles. The molecular formula is C14H21N3O5S. The summed E-state index contributed by atoms with van der Waals surface area (Å²) in [5.74, 6) is -0.350. The summed E-state index contributed by atoms with van der Waals surface area (Å²) in [6, 6.07) is 0.122. The summed E-state index contributed by atoms with van der Waals surface area (Å²) in [6.07, 6.45) is 4.50. The fraction of sp³-hybridized carbons (Fsp3) is 0.714. The third-order valence-electron chi connectivity index (χ3n) is 4.48. The van der Waals surface area contributed by atoms with E-state index in [0.717, 1.165) is 19.3 Å². The van der Waals surface area contributed by atoms with Crippen molar-refractivity contribution in [2.45, 2.75) is 37.6 Å². The number of hydrogen-bond acceptors (Lipinski definition) is 6. The second-order valence-corrected chi connectivity index (χ2v) is 8.00. The largest absolute Gasteiger partial charge is 0.464 e. The lowest BCUT2D eigenvalue weighted by Gasteiger charge is -2.33. The quantitative estimate of drug-likeness (QED) is 0.740. The molecule has 0 bridgehead atoms. The smallest absolute Gasteiger partial charge is 0.360 e. The molecule has 1 unspecified atom stereocenters. The number of rotatable bonds is 5. The number of aromatic nitrogens is 1. The van der Waals surface area contributed by atoms with Crippen LogP contribution in [0.15, 0.2) is 10.8 Å². The minimum atomic E-state index is -3.47. The van der Waals surface area contributed by atoms with Gasteiger partial charge in [-0.15, -0.1) is 0 Å². The van der Waals surface area contributed by atoms with Crippen molar-refractivity contribution in [3.05, 3.63) is 17.8 Å². The summed E-state index contributed by atoms with van der Waals surface area (Å²) >= 11 is 0. The van der Waals surface area contributed by atoms with E-state index in [9.17, 15) is 13.2 Å². The topological polar surface area (TPSA) is 93.0 Å². The minimum Gasteiger partial charge on any atom is -0.464 e. The molecule has 1 saturated carbocycles. The first-order valence-corrected chi connectivity index (χ1v) is 9.09. The van der Waals surface area contributed by atoms with Gasteiger partial charge in [0, 0.05) is 32.1 Å². The first kappa shape index (κ1) is 16.4. The van der Waals surface area contributed by atoms with Gasteiger partial charge in [-0.3, -0.25) is 0 Å². The van der Waals surface area contributed by atoms with E-state index in [-0.39, 0.29) is 17.7 Å². The molecule has 23 heavy (non-hydrogen) atoms. The number of hydrogen-bond donors (Lipinski definition) is 0. The van der Waals surface area contributed by atoms with Gasteiger partial charge in [0.1, 0.15) is 5.76 Å². The number of nitrogens with zero attached hydrogens (tertiary/aromatic N) is 3. The Morgan fingerprint density at radius 2 is 2.17 bits per heavy atom. The Balaban J connectivity index is 1.79. The maximum absolute atomic E-state index is 12.7. The molecule has 9 heteroatoms. The highest BCUT2D eigenvalue weighted by Gasteiger charge is 2.40. The highest BCUT2D eigenvalue weighted by atomic mass is 32.2. The number of methoxy groups -OCH3 is 1. The zero-order valence-electron chi connectivity index (χ0n) is 13.3. The van der Waals surface area contributed by atoms with Gasteiger partial charge in [-0.05, 0) is 25.7 Å². The summed E-state index contributed by atoms with van der Waals surface area (Å²) in [5.41, 5.74) is 0.132. The molecule has 1 aromatic heterocycles. The van der Waals surface area contributed by atoms with Crippen molar-refractivity contribution < 1.29 is 22.4 Å². The average molecular weight is 343 g/mol. The highest BCUT2D eigenvalue weighted by molar-refractivity contribution is 7.86. The normalized spacial score (nSPS) is 23.2. The van der Waals surface area contributed by atoms with Crippen LogP contribution in [0.5, 0.6) is 0 Å². The highest BCUT2D eigenvalue weighted by Crippen LogP contribution is 2.34. The molecular weight excluding hydrogens is 322 g/mol. The Morgan fingerprint density at radius 1 is 1.43 bits per heavy atom. The fourth-order valence-electron chi connectivity index (χ4n) is 2.97. The van der Waals surface area contributed by atoms with Crippen LogP contribution in [0.1, 0.15) is 47.8 Å². The van der Waals surface area contributed by atoms with Gasteiger partial charge in [0.25, 0.3) is 10.2 Å². The van der Waals surface area contributed by atoms with Crippen LogP contribution >= 0.6 is 0 Å². The van der Waals surface area contributed by atoms with Crippen molar-refractivity contribution in [2.75, 3.05) is 27.2 Å². The number of piperidine rings is 1. The standard InChI is InChI=1S/C14H21N3O5S/c1-16(11-5-6-11)23(19,20)17-7-3-4-10(8-17)13-12(14(18)21-2)15-9-22-13/h9-11H,3-8H2,1-2H3. The monoisotopic (exact) mass is 343 g/mol. The van der Waals surface area contributed by atoms with Crippen LogP contribution in [0.4, 0.5) is 0 Å². The van der Waals surface area contributed by atoms with E-state index in [1.807, 2.05) is 0 Å². The summed E-state index contributed by atoms with van der Waals surface area (Å²) in [7, 11) is -0.562. The molecule has 0 amide bonds. The van der Waals surface area contributed by atoms with Crippen molar-refractivity contribution >= 4 is 16.2 Å². The molecule has 1 aliphatic carbocycles. The third-order valence-corrected chi connectivity index (χ3v) is 6.49. The molecule has 2 fully saturated rings. The average Bonchev–Trinajstić information content (AvgIpc) is 3.29. The van der Waals surface area contributed by atoms with Crippen molar-refractivity contribution in [1.29, 1.82) is 0 Å². The lowest BCUT2D eigenvalue weighted by atomic mass is 9.96. The maximum atomic E-state index is 12.7. The van der Waals surface area contributed by atoms with E-state index < -0.39 is 16.2 Å². The summed E-state index contributed by atoms with van der Waals surface area (Å²) in [5, 5.41) is 0. The first-order valence-electron chi connectivity index (χ1n) is 7.70. The van der Waals surface area contributed by atoms with Crippen molar-refractivity contribution in [1.82, 2.24) is 13.6 Å². The van der Waals surface area contributed by atoms with Crippen LogP contribution in [-0.2, 0) is 14.9 Å². The Morgan fingerprint density at radius 3 is 2.83 bits per heavy atom.